The Morgan fingerprint density at radius 1 is 1.13 bits per heavy atom. The van der Waals surface area contributed by atoms with Crippen molar-refractivity contribution in [3.05, 3.63) is 71.0 Å². The lowest BCUT2D eigenvalue weighted by molar-refractivity contribution is -0.138. The van der Waals surface area contributed by atoms with Crippen LogP contribution in [-0.2, 0) is 12.7 Å². The zero-order valence-electron chi connectivity index (χ0n) is 16.3. The lowest BCUT2D eigenvalue weighted by Gasteiger charge is -2.14. The smallest absolute Gasteiger partial charge is 0.383 e. The van der Waals surface area contributed by atoms with E-state index in [-0.39, 0.29) is 6.54 Å². The number of rotatable bonds is 4. The van der Waals surface area contributed by atoms with Gasteiger partial charge in [0.05, 0.1) is 22.2 Å². The predicted octanol–water partition coefficient (Wildman–Crippen LogP) is 3.86. The molecule has 1 amide bonds. The molecule has 0 unspecified atom stereocenters. The van der Waals surface area contributed by atoms with E-state index in [1.807, 2.05) is 0 Å². The van der Waals surface area contributed by atoms with Crippen molar-refractivity contribution in [2.45, 2.75) is 19.6 Å². The van der Waals surface area contributed by atoms with Crippen molar-refractivity contribution < 1.29 is 18.0 Å². The molecule has 0 bridgehead atoms. The van der Waals surface area contributed by atoms with Gasteiger partial charge in [0.15, 0.2) is 5.65 Å². The number of aromatic amines is 1. The number of amides is 1. The van der Waals surface area contributed by atoms with Crippen molar-refractivity contribution in [1.29, 1.82) is 0 Å². The second-order valence-corrected chi connectivity index (χ2v) is 6.98. The molecular weight excluding hydrogens is 409 g/mol. The fourth-order valence-corrected chi connectivity index (χ4v) is 3.25. The van der Waals surface area contributed by atoms with Crippen molar-refractivity contribution in [2.75, 3.05) is 5.73 Å². The molecule has 0 saturated heterocycles. The van der Waals surface area contributed by atoms with Crippen LogP contribution in [0.5, 0.6) is 0 Å². The summed E-state index contributed by atoms with van der Waals surface area (Å²) < 4.78 is 39.8. The first-order valence-electron chi connectivity index (χ1n) is 9.24. The number of nitrogens with two attached hydrogens (primary N) is 1. The first-order valence-corrected chi connectivity index (χ1v) is 9.24. The molecule has 2 aromatic heterocycles. The summed E-state index contributed by atoms with van der Waals surface area (Å²) in [7, 11) is 0. The monoisotopic (exact) mass is 426 g/mol. The molecule has 10 heteroatoms. The predicted molar refractivity (Wildman–Crippen MR) is 109 cm³/mol. The van der Waals surface area contributed by atoms with E-state index in [2.05, 4.69) is 25.5 Å². The summed E-state index contributed by atoms with van der Waals surface area (Å²) in [4.78, 5) is 20.4. The van der Waals surface area contributed by atoms with Gasteiger partial charge in [0, 0.05) is 12.1 Å². The molecule has 2 aromatic carbocycles. The van der Waals surface area contributed by atoms with E-state index >= 15 is 0 Å². The van der Waals surface area contributed by atoms with Gasteiger partial charge in [-0.15, -0.1) is 0 Å². The van der Waals surface area contributed by atoms with Crippen LogP contribution in [-0.4, -0.2) is 26.1 Å². The van der Waals surface area contributed by atoms with E-state index in [0.29, 0.717) is 33.7 Å². The maximum absolute atomic E-state index is 13.3. The Hall–Kier alpha value is -3.95. The minimum Gasteiger partial charge on any atom is -0.383 e. The Morgan fingerprint density at radius 3 is 2.58 bits per heavy atom. The SMILES string of the molecule is Cc1ccc(C(=O)NCc2ccc(-c3[nH]nc4ncnc(N)c34)cc2)c(C(F)(F)F)c1. The average Bonchev–Trinajstić information content (AvgIpc) is 3.17. The van der Waals surface area contributed by atoms with Gasteiger partial charge < -0.3 is 11.1 Å². The van der Waals surface area contributed by atoms with Gasteiger partial charge in [-0.1, -0.05) is 35.9 Å². The molecular formula is C21H17F3N6O. The molecule has 0 atom stereocenters. The van der Waals surface area contributed by atoms with Crippen LogP contribution in [0.2, 0.25) is 0 Å². The Kier molecular flexibility index (Phi) is 5.05. The fourth-order valence-electron chi connectivity index (χ4n) is 3.25. The number of nitrogen functional groups attached to an aromatic ring is 1. The Morgan fingerprint density at radius 2 is 1.87 bits per heavy atom. The number of halogens is 3. The third kappa shape index (κ3) is 4.04. The Bertz CT molecular complexity index is 1260. The Labute approximate surface area is 174 Å². The highest BCUT2D eigenvalue weighted by Gasteiger charge is 2.35. The van der Waals surface area contributed by atoms with E-state index < -0.39 is 23.2 Å². The number of hydrogen-bond donors (Lipinski definition) is 3. The number of aromatic nitrogens is 4. The van der Waals surface area contributed by atoms with Gasteiger partial charge in [-0.2, -0.15) is 18.3 Å². The number of anilines is 1. The highest BCUT2D eigenvalue weighted by Crippen LogP contribution is 2.33. The third-order valence-corrected chi connectivity index (χ3v) is 4.80. The second-order valence-electron chi connectivity index (χ2n) is 6.98. The topological polar surface area (TPSA) is 110 Å². The molecule has 0 saturated carbocycles. The van der Waals surface area contributed by atoms with Crippen LogP contribution in [0.1, 0.15) is 27.0 Å². The number of carbonyl (C=O) groups excluding carboxylic acids is 1. The average molecular weight is 426 g/mol. The molecule has 4 aromatic rings. The number of alkyl halides is 3. The van der Waals surface area contributed by atoms with Gasteiger partial charge in [-0.05, 0) is 24.6 Å². The van der Waals surface area contributed by atoms with Crippen LogP contribution in [0.25, 0.3) is 22.3 Å². The first-order chi connectivity index (χ1) is 14.7. The summed E-state index contributed by atoms with van der Waals surface area (Å²) in [5, 5.41) is 10.1. The lowest BCUT2D eigenvalue weighted by Crippen LogP contribution is -2.26. The number of H-pyrrole nitrogens is 1. The molecule has 31 heavy (non-hydrogen) atoms. The van der Waals surface area contributed by atoms with Gasteiger partial charge in [0.1, 0.15) is 12.1 Å². The van der Waals surface area contributed by atoms with E-state index in [4.69, 9.17) is 5.73 Å². The number of fused-ring (bicyclic) bond motifs is 1. The van der Waals surface area contributed by atoms with Gasteiger partial charge >= 0.3 is 6.18 Å². The van der Waals surface area contributed by atoms with Crippen LogP contribution in [0.4, 0.5) is 19.0 Å². The van der Waals surface area contributed by atoms with E-state index in [1.54, 1.807) is 31.2 Å². The summed E-state index contributed by atoms with van der Waals surface area (Å²) in [5.74, 6) is -0.496. The van der Waals surface area contributed by atoms with Gasteiger partial charge in [0.2, 0.25) is 0 Å². The molecule has 0 aliphatic heterocycles. The minimum absolute atomic E-state index is 0.0687. The van der Waals surface area contributed by atoms with Crippen LogP contribution in [0.15, 0.2) is 48.8 Å². The largest absolute Gasteiger partial charge is 0.417 e. The van der Waals surface area contributed by atoms with Crippen molar-refractivity contribution in [3.63, 3.8) is 0 Å². The van der Waals surface area contributed by atoms with Crippen LogP contribution in [0, 0.1) is 6.92 Å². The highest BCUT2D eigenvalue weighted by molar-refractivity contribution is 5.98. The van der Waals surface area contributed by atoms with Crippen molar-refractivity contribution in [3.8, 4) is 11.3 Å². The number of nitrogens with zero attached hydrogens (tertiary/aromatic N) is 3. The third-order valence-electron chi connectivity index (χ3n) is 4.80. The minimum atomic E-state index is -4.61. The second kappa shape index (κ2) is 7.71. The molecule has 4 N–H and O–H groups in total. The normalized spacial score (nSPS) is 11.6. The van der Waals surface area contributed by atoms with Crippen LogP contribution >= 0.6 is 0 Å². The molecule has 0 aliphatic rings. The maximum atomic E-state index is 13.3. The maximum Gasteiger partial charge on any atom is 0.417 e. The first kappa shape index (κ1) is 20.3. The molecule has 0 spiro atoms. The lowest BCUT2D eigenvalue weighted by atomic mass is 10.0. The molecule has 0 radical (unpaired) electrons. The Balaban J connectivity index is 1.51. The van der Waals surface area contributed by atoms with Gasteiger partial charge in [-0.25, -0.2) is 9.97 Å². The summed E-state index contributed by atoms with van der Waals surface area (Å²) in [6, 6.07) is 10.7. The van der Waals surface area contributed by atoms with E-state index in [1.165, 1.54) is 18.5 Å². The standard InChI is InChI=1S/C21H17F3N6O/c1-11-2-7-14(15(8-11)21(22,23)24)20(31)26-9-12-3-5-13(6-4-12)17-16-18(25)27-10-28-19(16)30-29-17/h2-8,10H,9H2,1H3,(H,26,31)(H3,25,27,28,29,30). The van der Waals surface area contributed by atoms with Gasteiger partial charge in [-0.3, -0.25) is 9.89 Å². The molecule has 7 nitrogen and oxygen atoms in total. The zero-order chi connectivity index (χ0) is 22.2. The van der Waals surface area contributed by atoms with Crippen molar-refractivity contribution >= 4 is 22.8 Å². The summed E-state index contributed by atoms with van der Waals surface area (Å²) >= 11 is 0. The summed E-state index contributed by atoms with van der Waals surface area (Å²) in [5.41, 5.74) is 7.57. The number of nitrogens with one attached hydrogen (secondary N) is 2. The molecule has 4 rings (SSSR count). The van der Waals surface area contributed by atoms with Crippen LogP contribution in [0.3, 0.4) is 0 Å². The molecule has 2 heterocycles. The molecule has 0 fully saturated rings. The quantitative estimate of drug-likeness (QED) is 0.459. The van der Waals surface area contributed by atoms with Crippen LogP contribution < -0.4 is 11.1 Å². The zero-order valence-corrected chi connectivity index (χ0v) is 16.3. The fraction of sp³-hybridized carbons (Fsp3) is 0.143. The van der Waals surface area contributed by atoms with Crippen molar-refractivity contribution in [1.82, 2.24) is 25.5 Å². The van der Waals surface area contributed by atoms with E-state index in [9.17, 15) is 18.0 Å². The highest BCUT2D eigenvalue weighted by atomic mass is 19.4. The number of carbonyl (C=O) groups is 1. The van der Waals surface area contributed by atoms with E-state index in [0.717, 1.165) is 11.6 Å². The number of hydrogen-bond acceptors (Lipinski definition) is 5. The molecule has 0 aliphatic carbocycles. The number of aryl methyl sites for hydroxylation is 1. The van der Waals surface area contributed by atoms with Crippen molar-refractivity contribution in [2.24, 2.45) is 0 Å². The number of benzene rings is 2. The van der Waals surface area contributed by atoms with Gasteiger partial charge in [0.25, 0.3) is 5.91 Å². The summed E-state index contributed by atoms with van der Waals surface area (Å²) in [6.45, 7) is 1.61. The summed E-state index contributed by atoms with van der Waals surface area (Å²) in [6.07, 6.45) is -3.29. The molecule has 158 valence electrons.